The van der Waals surface area contributed by atoms with E-state index >= 15 is 0 Å². The smallest absolute Gasteiger partial charge is 0.124 e. The van der Waals surface area contributed by atoms with E-state index in [9.17, 15) is 4.39 Å². The molecule has 0 aliphatic carbocycles. The van der Waals surface area contributed by atoms with E-state index < -0.39 is 0 Å². The Morgan fingerprint density at radius 3 is 2.83 bits per heavy atom. The summed E-state index contributed by atoms with van der Waals surface area (Å²) in [5, 5.41) is 3.95. The molecule has 1 heterocycles. The van der Waals surface area contributed by atoms with Crippen molar-refractivity contribution in [3.63, 3.8) is 0 Å². The van der Waals surface area contributed by atoms with Crippen LogP contribution in [-0.4, -0.2) is 13.1 Å². The molecule has 1 nitrogen and oxygen atoms in total. The van der Waals surface area contributed by atoms with Crippen LogP contribution in [0.2, 0.25) is 5.02 Å². The minimum atomic E-state index is -0.223. The lowest BCUT2D eigenvalue weighted by molar-refractivity contribution is 0.280. The van der Waals surface area contributed by atoms with Gasteiger partial charge in [0, 0.05) is 5.02 Å². The summed E-state index contributed by atoms with van der Waals surface area (Å²) in [6, 6.07) is 4.95. The van der Waals surface area contributed by atoms with Crippen molar-refractivity contribution in [3.05, 3.63) is 34.6 Å². The summed E-state index contributed by atoms with van der Waals surface area (Å²) in [6.07, 6.45) is 2.24. The Morgan fingerprint density at radius 2 is 2.17 bits per heavy atom. The molecule has 0 radical (unpaired) electrons. The third-order valence-electron chi connectivity index (χ3n) is 3.69. The van der Waals surface area contributed by atoms with Gasteiger partial charge in [0.15, 0.2) is 0 Å². The SMILES string of the molecule is CC(C)CC1CNCCC1c1cc(F)cc(Cl)c1. The van der Waals surface area contributed by atoms with Gasteiger partial charge in [0.1, 0.15) is 5.82 Å². The molecule has 100 valence electrons. The van der Waals surface area contributed by atoms with Crippen molar-refractivity contribution in [2.45, 2.75) is 32.6 Å². The number of hydrogen-bond donors (Lipinski definition) is 1. The highest BCUT2D eigenvalue weighted by Gasteiger charge is 2.27. The summed E-state index contributed by atoms with van der Waals surface area (Å²) >= 11 is 5.97. The monoisotopic (exact) mass is 269 g/mol. The lowest BCUT2D eigenvalue weighted by Crippen LogP contribution is -2.36. The number of benzene rings is 1. The zero-order valence-electron chi connectivity index (χ0n) is 11.0. The summed E-state index contributed by atoms with van der Waals surface area (Å²) in [5.74, 6) is 1.46. The van der Waals surface area contributed by atoms with E-state index in [1.54, 1.807) is 6.07 Å². The molecule has 0 amide bonds. The Kier molecular flexibility index (Phi) is 4.63. The molecule has 2 unspecified atom stereocenters. The fourth-order valence-corrected chi connectivity index (χ4v) is 3.23. The largest absolute Gasteiger partial charge is 0.316 e. The fraction of sp³-hybridized carbons (Fsp3) is 0.600. The first-order chi connectivity index (χ1) is 8.56. The number of piperidine rings is 1. The van der Waals surface area contributed by atoms with Crippen molar-refractivity contribution in [3.8, 4) is 0 Å². The van der Waals surface area contributed by atoms with Crippen LogP contribution in [0.5, 0.6) is 0 Å². The minimum absolute atomic E-state index is 0.223. The van der Waals surface area contributed by atoms with Crippen molar-refractivity contribution in [2.75, 3.05) is 13.1 Å². The van der Waals surface area contributed by atoms with E-state index in [2.05, 4.69) is 19.2 Å². The number of halogens is 2. The maximum atomic E-state index is 13.5. The summed E-state index contributed by atoms with van der Waals surface area (Å²) in [6.45, 7) is 6.51. The van der Waals surface area contributed by atoms with Crippen molar-refractivity contribution in [2.24, 2.45) is 11.8 Å². The van der Waals surface area contributed by atoms with Crippen LogP contribution in [0.1, 0.15) is 38.2 Å². The van der Waals surface area contributed by atoms with Crippen molar-refractivity contribution in [1.82, 2.24) is 5.32 Å². The molecule has 0 bridgehead atoms. The Balaban J connectivity index is 2.21. The van der Waals surface area contributed by atoms with E-state index in [4.69, 9.17) is 11.6 Å². The molecule has 2 atom stereocenters. The molecule has 3 heteroatoms. The van der Waals surface area contributed by atoms with E-state index in [-0.39, 0.29) is 5.82 Å². The normalized spacial score (nSPS) is 24.5. The Morgan fingerprint density at radius 1 is 1.39 bits per heavy atom. The van der Waals surface area contributed by atoms with Gasteiger partial charge < -0.3 is 5.32 Å². The summed E-state index contributed by atoms with van der Waals surface area (Å²) in [7, 11) is 0. The second kappa shape index (κ2) is 6.03. The van der Waals surface area contributed by atoms with Crippen LogP contribution in [0.4, 0.5) is 4.39 Å². The summed E-state index contributed by atoms with van der Waals surface area (Å²) in [5.41, 5.74) is 1.06. The first kappa shape index (κ1) is 13.8. The van der Waals surface area contributed by atoms with Crippen LogP contribution in [0.15, 0.2) is 18.2 Å². The van der Waals surface area contributed by atoms with Crippen LogP contribution in [0.3, 0.4) is 0 Å². The molecule has 0 spiro atoms. The summed E-state index contributed by atoms with van der Waals surface area (Å²) < 4.78 is 13.5. The first-order valence-corrected chi connectivity index (χ1v) is 7.10. The molecule has 1 aliphatic rings. The van der Waals surface area contributed by atoms with Crippen LogP contribution in [0, 0.1) is 17.7 Å². The first-order valence-electron chi connectivity index (χ1n) is 6.73. The van der Waals surface area contributed by atoms with Gasteiger partial charge in [0.25, 0.3) is 0 Å². The third-order valence-corrected chi connectivity index (χ3v) is 3.91. The number of rotatable bonds is 3. The molecule has 1 N–H and O–H groups in total. The zero-order valence-corrected chi connectivity index (χ0v) is 11.8. The average molecular weight is 270 g/mol. The second-order valence-corrected chi connectivity index (χ2v) is 6.13. The highest BCUT2D eigenvalue weighted by Crippen LogP contribution is 2.35. The topological polar surface area (TPSA) is 12.0 Å². The van der Waals surface area contributed by atoms with Gasteiger partial charge in [-0.3, -0.25) is 0 Å². The van der Waals surface area contributed by atoms with Crippen molar-refractivity contribution >= 4 is 11.6 Å². The predicted molar refractivity (Wildman–Crippen MR) is 74.6 cm³/mol. The van der Waals surface area contributed by atoms with Gasteiger partial charge in [0.2, 0.25) is 0 Å². The van der Waals surface area contributed by atoms with E-state index in [1.807, 2.05) is 6.07 Å². The van der Waals surface area contributed by atoms with Crippen LogP contribution in [0.25, 0.3) is 0 Å². The molecule has 1 aromatic carbocycles. The predicted octanol–water partition coefficient (Wildman–Crippen LogP) is 4.22. The van der Waals surface area contributed by atoms with Crippen LogP contribution in [-0.2, 0) is 0 Å². The quantitative estimate of drug-likeness (QED) is 0.866. The fourth-order valence-electron chi connectivity index (χ4n) is 3.00. The lowest BCUT2D eigenvalue weighted by Gasteiger charge is -2.33. The zero-order chi connectivity index (χ0) is 13.1. The average Bonchev–Trinajstić information content (AvgIpc) is 2.27. The molecule has 2 rings (SSSR count). The maximum Gasteiger partial charge on any atom is 0.124 e. The van der Waals surface area contributed by atoms with Gasteiger partial charge in [0.05, 0.1) is 0 Å². The molecular formula is C15H21ClFN. The van der Waals surface area contributed by atoms with Gasteiger partial charge in [-0.25, -0.2) is 4.39 Å². The molecule has 1 aliphatic heterocycles. The molecular weight excluding hydrogens is 249 g/mol. The highest BCUT2D eigenvalue weighted by atomic mass is 35.5. The molecule has 0 saturated carbocycles. The maximum absolute atomic E-state index is 13.5. The Hall–Kier alpha value is -0.600. The van der Waals surface area contributed by atoms with E-state index in [0.29, 0.717) is 22.8 Å². The third kappa shape index (κ3) is 3.46. The van der Waals surface area contributed by atoms with Crippen molar-refractivity contribution in [1.29, 1.82) is 0 Å². The molecule has 1 saturated heterocycles. The number of nitrogens with one attached hydrogen (secondary N) is 1. The van der Waals surface area contributed by atoms with Gasteiger partial charge in [-0.2, -0.15) is 0 Å². The van der Waals surface area contributed by atoms with Gasteiger partial charge in [-0.1, -0.05) is 25.4 Å². The molecule has 1 aromatic rings. The van der Waals surface area contributed by atoms with Gasteiger partial charge in [-0.05, 0) is 67.4 Å². The lowest BCUT2D eigenvalue weighted by atomic mass is 9.77. The van der Waals surface area contributed by atoms with Crippen molar-refractivity contribution < 1.29 is 4.39 Å². The Bertz CT molecular complexity index is 385. The van der Waals surface area contributed by atoms with E-state index in [0.717, 1.165) is 25.1 Å². The second-order valence-electron chi connectivity index (χ2n) is 5.69. The molecule has 1 fully saturated rings. The number of hydrogen-bond acceptors (Lipinski definition) is 1. The Labute approximate surface area is 114 Å². The molecule has 0 aromatic heterocycles. The minimum Gasteiger partial charge on any atom is -0.316 e. The van der Waals surface area contributed by atoms with Crippen LogP contribution < -0.4 is 5.32 Å². The highest BCUT2D eigenvalue weighted by molar-refractivity contribution is 6.30. The van der Waals surface area contributed by atoms with Gasteiger partial charge >= 0.3 is 0 Å². The summed E-state index contributed by atoms with van der Waals surface area (Å²) in [4.78, 5) is 0. The van der Waals surface area contributed by atoms with E-state index in [1.165, 1.54) is 12.5 Å². The molecule has 18 heavy (non-hydrogen) atoms. The van der Waals surface area contributed by atoms with Gasteiger partial charge in [-0.15, -0.1) is 0 Å². The van der Waals surface area contributed by atoms with Crippen LogP contribution >= 0.6 is 11.6 Å². The standard InChI is InChI=1S/C15H21ClFN/c1-10(2)5-12-9-18-4-3-15(12)11-6-13(16)8-14(17)7-11/h6-8,10,12,15,18H,3-5,9H2,1-2H3.